The second-order valence-electron chi connectivity index (χ2n) is 10.1. The van der Waals surface area contributed by atoms with Crippen LogP contribution < -0.4 is 14.8 Å². The standard InChI is InChI=1S/C24H33N3O5/c1-5-26(13-17-7-6-8-18-20(17)32-10-9-31-18)19(28)14-27-21(29)24(25-22(27)30)12-16(2)11-23(3,4)15-24/h6-8,16H,5,9-15H2,1-4H3,(H,25,30). The van der Waals surface area contributed by atoms with E-state index in [0.29, 0.717) is 56.6 Å². The zero-order chi connectivity index (χ0) is 23.1. The lowest BCUT2D eigenvalue weighted by Crippen LogP contribution is -2.54. The Hall–Kier alpha value is -2.77. The molecule has 3 aliphatic rings. The molecule has 2 heterocycles. The van der Waals surface area contributed by atoms with Crippen LogP contribution in [0.5, 0.6) is 11.5 Å². The number of fused-ring (bicyclic) bond motifs is 1. The van der Waals surface area contributed by atoms with Gasteiger partial charge in [-0.3, -0.25) is 14.5 Å². The molecule has 1 N–H and O–H groups in total. The second kappa shape index (κ2) is 8.30. The molecule has 8 nitrogen and oxygen atoms in total. The molecule has 0 aromatic heterocycles. The van der Waals surface area contributed by atoms with Gasteiger partial charge in [0.05, 0.1) is 0 Å². The molecule has 1 saturated carbocycles. The van der Waals surface area contributed by atoms with Crippen LogP contribution in [0.1, 0.15) is 52.5 Å². The first-order valence-electron chi connectivity index (χ1n) is 11.4. The predicted molar refractivity (Wildman–Crippen MR) is 118 cm³/mol. The zero-order valence-electron chi connectivity index (χ0n) is 19.4. The van der Waals surface area contributed by atoms with Crippen molar-refractivity contribution in [2.45, 2.75) is 59.0 Å². The van der Waals surface area contributed by atoms with Crippen molar-refractivity contribution in [1.29, 1.82) is 0 Å². The summed E-state index contributed by atoms with van der Waals surface area (Å²) < 4.78 is 11.4. The third-order valence-corrected chi connectivity index (χ3v) is 6.66. The number of likely N-dealkylation sites (N-methyl/N-ethyl adjacent to an activating group) is 1. The summed E-state index contributed by atoms with van der Waals surface area (Å²) in [6, 6.07) is 5.14. The number of hydrogen-bond acceptors (Lipinski definition) is 5. The third kappa shape index (κ3) is 4.14. The number of nitrogens with one attached hydrogen (secondary N) is 1. The first-order valence-corrected chi connectivity index (χ1v) is 11.4. The summed E-state index contributed by atoms with van der Waals surface area (Å²) in [4.78, 5) is 42.0. The lowest BCUT2D eigenvalue weighted by Gasteiger charge is -2.43. The number of carbonyl (C=O) groups is 3. The third-order valence-electron chi connectivity index (χ3n) is 6.66. The number of amides is 4. The Labute approximate surface area is 189 Å². The highest BCUT2D eigenvalue weighted by molar-refractivity contribution is 6.09. The van der Waals surface area contributed by atoms with Gasteiger partial charge >= 0.3 is 6.03 Å². The Bertz CT molecular complexity index is 930. The Morgan fingerprint density at radius 3 is 2.69 bits per heavy atom. The van der Waals surface area contributed by atoms with E-state index < -0.39 is 11.6 Å². The molecule has 174 valence electrons. The van der Waals surface area contributed by atoms with E-state index in [1.165, 1.54) is 0 Å². The van der Waals surface area contributed by atoms with Crippen LogP contribution in [0.15, 0.2) is 18.2 Å². The molecule has 2 aliphatic heterocycles. The number of para-hydroxylation sites is 1. The Morgan fingerprint density at radius 1 is 1.22 bits per heavy atom. The minimum absolute atomic E-state index is 0.0510. The monoisotopic (exact) mass is 443 g/mol. The van der Waals surface area contributed by atoms with Crippen LogP contribution >= 0.6 is 0 Å². The highest BCUT2D eigenvalue weighted by Gasteiger charge is 2.56. The predicted octanol–water partition coefficient (Wildman–Crippen LogP) is 2.94. The van der Waals surface area contributed by atoms with Crippen LogP contribution in [0.3, 0.4) is 0 Å². The van der Waals surface area contributed by atoms with Crippen molar-refractivity contribution in [2.24, 2.45) is 11.3 Å². The number of benzene rings is 1. The van der Waals surface area contributed by atoms with Crippen molar-refractivity contribution < 1.29 is 23.9 Å². The summed E-state index contributed by atoms with van der Waals surface area (Å²) in [6.07, 6.45) is 2.20. The Morgan fingerprint density at radius 2 is 1.97 bits per heavy atom. The van der Waals surface area contributed by atoms with Crippen LogP contribution in [0, 0.1) is 11.3 Å². The summed E-state index contributed by atoms with van der Waals surface area (Å²) in [5.41, 5.74) is -0.113. The second-order valence-corrected chi connectivity index (χ2v) is 10.1. The van der Waals surface area contributed by atoms with Crippen LogP contribution in [-0.4, -0.2) is 59.5 Å². The van der Waals surface area contributed by atoms with Gasteiger partial charge in [-0.25, -0.2) is 4.79 Å². The lowest BCUT2D eigenvalue weighted by atomic mass is 9.64. The van der Waals surface area contributed by atoms with E-state index in [4.69, 9.17) is 9.47 Å². The molecule has 4 rings (SSSR count). The number of rotatable bonds is 5. The number of ether oxygens (including phenoxy) is 2. The number of hydrogen-bond donors (Lipinski definition) is 1. The van der Waals surface area contributed by atoms with Crippen molar-refractivity contribution in [2.75, 3.05) is 26.3 Å². The fraction of sp³-hybridized carbons (Fsp3) is 0.625. The van der Waals surface area contributed by atoms with Crippen LogP contribution in [0.2, 0.25) is 0 Å². The molecule has 2 unspecified atom stereocenters. The summed E-state index contributed by atoms with van der Waals surface area (Å²) in [5, 5.41) is 2.94. The van der Waals surface area contributed by atoms with Crippen molar-refractivity contribution >= 4 is 17.8 Å². The highest BCUT2D eigenvalue weighted by atomic mass is 16.6. The molecule has 4 amide bonds. The van der Waals surface area contributed by atoms with Crippen LogP contribution in [0.4, 0.5) is 4.79 Å². The molecular weight excluding hydrogens is 410 g/mol. The number of urea groups is 1. The van der Waals surface area contributed by atoms with E-state index in [2.05, 4.69) is 26.1 Å². The van der Waals surface area contributed by atoms with E-state index in [0.717, 1.165) is 16.9 Å². The molecule has 2 atom stereocenters. The van der Waals surface area contributed by atoms with Crippen molar-refractivity contribution in [3.05, 3.63) is 23.8 Å². The molecule has 8 heteroatoms. The largest absolute Gasteiger partial charge is 0.486 e. The van der Waals surface area contributed by atoms with Crippen molar-refractivity contribution in [3.8, 4) is 11.5 Å². The van der Waals surface area contributed by atoms with Gasteiger partial charge in [0.15, 0.2) is 11.5 Å². The van der Waals surface area contributed by atoms with E-state index >= 15 is 0 Å². The average molecular weight is 444 g/mol. The normalized spacial score (nSPS) is 26.2. The van der Waals surface area contributed by atoms with Gasteiger partial charge in [-0.1, -0.05) is 32.9 Å². The average Bonchev–Trinajstić information content (AvgIpc) is 2.93. The fourth-order valence-corrected chi connectivity index (χ4v) is 5.73. The van der Waals surface area contributed by atoms with Gasteiger partial charge in [0, 0.05) is 18.7 Å². The molecule has 1 spiro atoms. The zero-order valence-corrected chi connectivity index (χ0v) is 19.4. The van der Waals surface area contributed by atoms with Crippen molar-refractivity contribution in [1.82, 2.24) is 15.1 Å². The summed E-state index contributed by atoms with van der Waals surface area (Å²) in [5.74, 6) is 1.09. The topological polar surface area (TPSA) is 88.2 Å². The van der Waals surface area contributed by atoms with Crippen LogP contribution in [0.25, 0.3) is 0 Å². The van der Waals surface area contributed by atoms with Gasteiger partial charge in [0.1, 0.15) is 25.3 Å². The van der Waals surface area contributed by atoms with Gasteiger partial charge < -0.3 is 19.7 Å². The summed E-state index contributed by atoms with van der Waals surface area (Å²) in [7, 11) is 0. The minimum Gasteiger partial charge on any atom is -0.486 e. The lowest BCUT2D eigenvalue weighted by molar-refractivity contribution is -0.141. The van der Waals surface area contributed by atoms with Gasteiger partial charge in [0.2, 0.25) is 5.91 Å². The van der Waals surface area contributed by atoms with Crippen molar-refractivity contribution in [3.63, 3.8) is 0 Å². The molecule has 1 aliphatic carbocycles. The summed E-state index contributed by atoms with van der Waals surface area (Å²) >= 11 is 0. The van der Waals surface area contributed by atoms with E-state index in [-0.39, 0.29) is 23.8 Å². The molecule has 32 heavy (non-hydrogen) atoms. The van der Waals surface area contributed by atoms with Gasteiger partial charge in [-0.2, -0.15) is 0 Å². The number of carbonyl (C=O) groups excluding carboxylic acids is 3. The first kappa shape index (κ1) is 22.4. The Kier molecular flexibility index (Phi) is 5.81. The Balaban J connectivity index is 1.48. The van der Waals surface area contributed by atoms with E-state index in [1.807, 2.05) is 25.1 Å². The minimum atomic E-state index is -0.904. The number of imide groups is 1. The SMILES string of the molecule is CCN(Cc1cccc2c1OCCO2)C(=O)CN1C(=O)NC2(CC(C)CC(C)(C)C2)C1=O. The number of nitrogens with zero attached hydrogens (tertiary/aromatic N) is 2. The summed E-state index contributed by atoms with van der Waals surface area (Å²) in [6.45, 7) is 9.71. The fourth-order valence-electron chi connectivity index (χ4n) is 5.73. The van der Waals surface area contributed by atoms with Gasteiger partial charge in [-0.15, -0.1) is 0 Å². The van der Waals surface area contributed by atoms with Crippen LogP contribution in [-0.2, 0) is 16.1 Å². The molecule has 1 saturated heterocycles. The maximum Gasteiger partial charge on any atom is 0.325 e. The molecule has 1 aromatic rings. The highest BCUT2D eigenvalue weighted by Crippen LogP contribution is 2.46. The quantitative estimate of drug-likeness (QED) is 0.707. The molecule has 0 radical (unpaired) electrons. The molecule has 2 fully saturated rings. The van der Waals surface area contributed by atoms with E-state index in [1.54, 1.807) is 4.90 Å². The molecule has 1 aromatic carbocycles. The maximum atomic E-state index is 13.4. The molecular formula is C24H33N3O5. The van der Waals surface area contributed by atoms with Gasteiger partial charge in [-0.05, 0) is 43.6 Å². The molecule has 0 bridgehead atoms. The first-order chi connectivity index (χ1) is 15.1. The van der Waals surface area contributed by atoms with Gasteiger partial charge in [0.25, 0.3) is 5.91 Å². The maximum absolute atomic E-state index is 13.4. The smallest absolute Gasteiger partial charge is 0.325 e. The van der Waals surface area contributed by atoms with E-state index in [9.17, 15) is 14.4 Å².